The SMILES string of the molecule is Nc1ccc2oc(S(=O)(=O)Cc3cncc(F)c3)nc2c1. The molecule has 0 spiro atoms. The predicted molar refractivity (Wildman–Crippen MR) is 73.5 cm³/mol. The number of anilines is 1. The molecule has 2 heterocycles. The molecule has 1 aromatic carbocycles. The van der Waals surface area contributed by atoms with E-state index >= 15 is 0 Å². The number of halogens is 1. The second kappa shape index (κ2) is 4.81. The first kappa shape index (κ1) is 13.5. The molecule has 0 bridgehead atoms. The number of hydrogen-bond donors (Lipinski definition) is 1. The van der Waals surface area contributed by atoms with E-state index in [-0.39, 0.29) is 5.56 Å². The molecule has 0 aliphatic heterocycles. The summed E-state index contributed by atoms with van der Waals surface area (Å²) in [6.07, 6.45) is 2.28. The summed E-state index contributed by atoms with van der Waals surface area (Å²) >= 11 is 0. The molecule has 0 unspecified atom stereocenters. The zero-order valence-electron chi connectivity index (χ0n) is 10.7. The van der Waals surface area contributed by atoms with Gasteiger partial charge < -0.3 is 10.2 Å². The van der Waals surface area contributed by atoms with Crippen molar-refractivity contribution in [1.82, 2.24) is 9.97 Å². The van der Waals surface area contributed by atoms with Gasteiger partial charge in [-0.1, -0.05) is 0 Å². The second-order valence-corrected chi connectivity index (χ2v) is 6.34. The summed E-state index contributed by atoms with van der Waals surface area (Å²) in [5, 5.41) is -0.424. The van der Waals surface area contributed by atoms with Gasteiger partial charge in [-0.25, -0.2) is 12.8 Å². The van der Waals surface area contributed by atoms with Gasteiger partial charge in [0, 0.05) is 11.9 Å². The van der Waals surface area contributed by atoms with Gasteiger partial charge >= 0.3 is 5.22 Å². The molecule has 2 N–H and O–H groups in total. The van der Waals surface area contributed by atoms with Crippen LogP contribution in [0.3, 0.4) is 0 Å². The Hall–Kier alpha value is -2.48. The molecule has 8 heteroatoms. The van der Waals surface area contributed by atoms with Crippen LogP contribution in [-0.2, 0) is 15.6 Å². The molecule has 108 valence electrons. The minimum Gasteiger partial charge on any atom is -0.428 e. The Balaban J connectivity index is 2.00. The van der Waals surface area contributed by atoms with Gasteiger partial charge in [0.05, 0.1) is 11.9 Å². The molecule has 0 amide bonds. The number of oxazole rings is 1. The molecule has 0 aliphatic rings. The van der Waals surface area contributed by atoms with E-state index in [1.165, 1.54) is 12.3 Å². The van der Waals surface area contributed by atoms with Crippen molar-refractivity contribution in [2.75, 3.05) is 5.73 Å². The Bertz CT molecular complexity index is 921. The fraction of sp³-hybridized carbons (Fsp3) is 0.0769. The van der Waals surface area contributed by atoms with Gasteiger partial charge in [0.25, 0.3) is 0 Å². The second-order valence-electron chi connectivity index (χ2n) is 4.48. The first-order valence-corrected chi connectivity index (χ1v) is 7.57. The van der Waals surface area contributed by atoms with E-state index in [4.69, 9.17) is 10.2 Å². The Morgan fingerprint density at radius 1 is 1.24 bits per heavy atom. The van der Waals surface area contributed by atoms with Crippen LogP contribution in [0.25, 0.3) is 11.1 Å². The lowest BCUT2D eigenvalue weighted by Crippen LogP contribution is -2.05. The summed E-state index contributed by atoms with van der Waals surface area (Å²) in [4.78, 5) is 7.52. The predicted octanol–water partition coefficient (Wildman–Crippen LogP) is 1.92. The summed E-state index contributed by atoms with van der Waals surface area (Å²) in [5.41, 5.74) is 6.95. The molecule has 21 heavy (non-hydrogen) atoms. The van der Waals surface area contributed by atoms with Crippen molar-refractivity contribution in [2.24, 2.45) is 0 Å². The first-order chi connectivity index (χ1) is 9.94. The van der Waals surface area contributed by atoms with E-state index in [9.17, 15) is 12.8 Å². The van der Waals surface area contributed by atoms with Gasteiger partial charge in [0.2, 0.25) is 9.84 Å². The minimum atomic E-state index is -3.83. The lowest BCUT2D eigenvalue weighted by Gasteiger charge is -1.99. The third-order valence-electron chi connectivity index (χ3n) is 2.78. The highest BCUT2D eigenvalue weighted by molar-refractivity contribution is 7.90. The normalized spacial score (nSPS) is 11.9. The third kappa shape index (κ3) is 2.70. The van der Waals surface area contributed by atoms with Gasteiger partial charge in [-0.05, 0) is 29.8 Å². The Kier molecular flexibility index (Phi) is 3.09. The first-order valence-electron chi connectivity index (χ1n) is 5.92. The molecule has 0 saturated heterocycles. The molecule has 6 nitrogen and oxygen atoms in total. The van der Waals surface area contributed by atoms with Crippen molar-refractivity contribution in [2.45, 2.75) is 11.0 Å². The molecule has 3 rings (SSSR count). The number of nitrogen functional groups attached to an aromatic ring is 1. The van der Waals surface area contributed by atoms with Gasteiger partial charge in [0.1, 0.15) is 11.3 Å². The van der Waals surface area contributed by atoms with Crippen LogP contribution < -0.4 is 5.73 Å². The number of aromatic nitrogens is 2. The summed E-state index contributed by atoms with van der Waals surface area (Å²) in [5.74, 6) is -1.05. The van der Waals surface area contributed by atoms with Crippen molar-refractivity contribution in [3.63, 3.8) is 0 Å². The van der Waals surface area contributed by atoms with E-state index in [2.05, 4.69) is 9.97 Å². The molecule has 0 atom stereocenters. The monoisotopic (exact) mass is 307 g/mol. The van der Waals surface area contributed by atoms with E-state index in [1.54, 1.807) is 12.1 Å². The summed E-state index contributed by atoms with van der Waals surface area (Å²) in [6, 6.07) is 5.74. The highest BCUT2D eigenvalue weighted by Crippen LogP contribution is 2.23. The van der Waals surface area contributed by atoms with Crippen LogP contribution >= 0.6 is 0 Å². The van der Waals surface area contributed by atoms with E-state index in [1.807, 2.05) is 0 Å². The van der Waals surface area contributed by atoms with Gasteiger partial charge in [-0.3, -0.25) is 4.98 Å². The Morgan fingerprint density at radius 2 is 2.05 bits per heavy atom. The fourth-order valence-corrected chi connectivity index (χ4v) is 3.05. The van der Waals surface area contributed by atoms with Crippen molar-refractivity contribution < 1.29 is 17.2 Å². The topological polar surface area (TPSA) is 99.1 Å². The van der Waals surface area contributed by atoms with E-state index in [0.29, 0.717) is 16.8 Å². The van der Waals surface area contributed by atoms with Crippen molar-refractivity contribution >= 4 is 26.6 Å². The number of benzene rings is 1. The van der Waals surface area contributed by atoms with E-state index < -0.39 is 26.6 Å². The number of fused-ring (bicyclic) bond motifs is 1. The summed E-state index contributed by atoms with van der Waals surface area (Å²) < 4.78 is 42.7. The van der Waals surface area contributed by atoms with Crippen LogP contribution in [0.1, 0.15) is 5.56 Å². The van der Waals surface area contributed by atoms with Crippen molar-refractivity contribution in [1.29, 1.82) is 0 Å². The van der Waals surface area contributed by atoms with Crippen LogP contribution in [0.4, 0.5) is 10.1 Å². The standard InChI is InChI=1S/C13H10FN3O3S/c14-9-3-8(5-16-6-9)7-21(18,19)13-17-11-4-10(15)1-2-12(11)20-13/h1-6H,7,15H2. The number of sulfone groups is 1. The van der Waals surface area contributed by atoms with Crippen molar-refractivity contribution in [3.8, 4) is 0 Å². The number of nitrogens with zero attached hydrogens (tertiary/aromatic N) is 2. The number of hydrogen-bond acceptors (Lipinski definition) is 6. The highest BCUT2D eigenvalue weighted by Gasteiger charge is 2.23. The highest BCUT2D eigenvalue weighted by atomic mass is 32.2. The van der Waals surface area contributed by atoms with Gasteiger partial charge in [-0.2, -0.15) is 4.98 Å². The zero-order valence-corrected chi connectivity index (χ0v) is 11.5. The molecule has 0 radical (unpaired) electrons. The van der Waals surface area contributed by atoms with E-state index in [0.717, 1.165) is 12.3 Å². The largest absolute Gasteiger partial charge is 0.428 e. The molecular weight excluding hydrogens is 297 g/mol. The smallest absolute Gasteiger partial charge is 0.316 e. The molecule has 0 aliphatic carbocycles. The quantitative estimate of drug-likeness (QED) is 0.742. The molecule has 0 fully saturated rings. The maximum Gasteiger partial charge on any atom is 0.316 e. The maximum absolute atomic E-state index is 13.0. The molecule has 0 saturated carbocycles. The number of rotatable bonds is 3. The van der Waals surface area contributed by atoms with Crippen LogP contribution in [0.5, 0.6) is 0 Å². The molecular formula is C13H10FN3O3S. The number of pyridine rings is 1. The maximum atomic E-state index is 13.0. The summed E-state index contributed by atoms with van der Waals surface area (Å²) in [7, 11) is -3.83. The van der Waals surface area contributed by atoms with Crippen LogP contribution in [0.15, 0.2) is 46.3 Å². The molecule has 3 aromatic rings. The number of nitrogens with two attached hydrogens (primary N) is 1. The average molecular weight is 307 g/mol. The van der Waals surface area contributed by atoms with Crippen LogP contribution in [0, 0.1) is 5.82 Å². The zero-order chi connectivity index (χ0) is 15.0. The third-order valence-corrected chi connectivity index (χ3v) is 4.20. The van der Waals surface area contributed by atoms with Crippen LogP contribution in [0.2, 0.25) is 0 Å². The average Bonchev–Trinajstić information content (AvgIpc) is 2.82. The lowest BCUT2D eigenvalue weighted by molar-refractivity contribution is 0.458. The van der Waals surface area contributed by atoms with Gasteiger partial charge in [0.15, 0.2) is 5.58 Å². The fourth-order valence-electron chi connectivity index (χ4n) is 1.87. The van der Waals surface area contributed by atoms with Crippen LogP contribution in [-0.4, -0.2) is 18.4 Å². The van der Waals surface area contributed by atoms with Crippen molar-refractivity contribution in [3.05, 3.63) is 48.0 Å². The summed E-state index contributed by atoms with van der Waals surface area (Å²) in [6.45, 7) is 0. The molecule has 2 aromatic heterocycles. The van der Waals surface area contributed by atoms with Gasteiger partial charge in [-0.15, -0.1) is 0 Å². The minimum absolute atomic E-state index is 0.219. The Morgan fingerprint density at radius 3 is 2.81 bits per heavy atom. The Labute approximate surface area is 119 Å². The lowest BCUT2D eigenvalue weighted by atomic mass is 10.3.